The van der Waals surface area contributed by atoms with Crippen LogP contribution < -0.4 is 4.74 Å². The minimum atomic E-state index is -2.77. The van der Waals surface area contributed by atoms with Gasteiger partial charge in [0.2, 0.25) is 5.12 Å². The number of carbonyl (C=O) groups excluding carboxylic acids is 1. The van der Waals surface area contributed by atoms with Crippen molar-refractivity contribution in [2.24, 2.45) is 10.9 Å². The van der Waals surface area contributed by atoms with Crippen LogP contribution in [0.2, 0.25) is 0 Å². The summed E-state index contributed by atoms with van der Waals surface area (Å²) in [5.74, 6) is 7.00. The van der Waals surface area contributed by atoms with E-state index in [1.54, 1.807) is 12.1 Å². The van der Waals surface area contributed by atoms with Crippen LogP contribution in [0.1, 0.15) is 53.5 Å². The Bertz CT molecular complexity index is 1350. The van der Waals surface area contributed by atoms with Crippen molar-refractivity contribution in [2.75, 3.05) is 7.11 Å². The molecule has 35 heavy (non-hydrogen) atoms. The van der Waals surface area contributed by atoms with Crippen LogP contribution in [0.15, 0.2) is 46.7 Å². The van der Waals surface area contributed by atoms with Gasteiger partial charge in [0.1, 0.15) is 17.1 Å². The van der Waals surface area contributed by atoms with Gasteiger partial charge in [-0.1, -0.05) is 25.0 Å². The van der Waals surface area contributed by atoms with Crippen molar-refractivity contribution < 1.29 is 18.3 Å². The number of carbonyl (C=O) groups is 1. The Kier molecular flexibility index (Phi) is 7.51. The first-order valence-electron chi connectivity index (χ1n) is 11.0. The summed E-state index contributed by atoms with van der Waals surface area (Å²) < 4.78 is 32.2. The molecule has 0 amide bonds. The number of nitrogens with zero attached hydrogens (tertiary/aromatic N) is 4. The molecule has 4 rings (SSSR count). The number of alkyl halides is 2. The first kappa shape index (κ1) is 24.5. The van der Waals surface area contributed by atoms with Crippen LogP contribution in [0.25, 0.3) is 11.1 Å². The maximum Gasteiger partial charge on any atom is 0.280 e. The number of methoxy groups -OCH3 is 1. The van der Waals surface area contributed by atoms with Gasteiger partial charge in [0.05, 0.1) is 19.5 Å². The summed E-state index contributed by atoms with van der Waals surface area (Å²) >= 11 is 0.840. The predicted octanol–water partition coefficient (Wildman–Crippen LogP) is 6.07. The summed E-state index contributed by atoms with van der Waals surface area (Å²) in [6, 6.07) is 6.56. The van der Waals surface area contributed by atoms with E-state index in [0.717, 1.165) is 30.2 Å². The van der Waals surface area contributed by atoms with E-state index in [2.05, 4.69) is 38.5 Å². The van der Waals surface area contributed by atoms with E-state index < -0.39 is 12.1 Å². The first-order valence-corrected chi connectivity index (χ1v) is 11.8. The number of pyridine rings is 1. The van der Waals surface area contributed by atoms with Crippen LogP contribution in [0.3, 0.4) is 0 Å². The van der Waals surface area contributed by atoms with E-state index >= 15 is 0 Å². The lowest BCUT2D eigenvalue weighted by atomic mass is 9.96. The van der Waals surface area contributed by atoms with Crippen LogP contribution in [-0.4, -0.2) is 33.9 Å². The molecule has 0 aliphatic heterocycles. The molecule has 3 aromatic rings. The monoisotopic (exact) mass is 492 g/mol. The number of aliphatic imine (C=N–C) groups is 1. The molecule has 1 aliphatic carbocycles. The Hall–Kier alpha value is -3.64. The maximum atomic E-state index is 13.5. The number of ether oxygens (including phenoxy) is 1. The minimum Gasteiger partial charge on any atom is -0.494 e. The van der Waals surface area contributed by atoms with Gasteiger partial charge in [-0.2, -0.15) is 0 Å². The minimum absolute atomic E-state index is 0.216. The average Bonchev–Trinajstić information content (AvgIpc) is 3.71. The molecular weight excluding hydrogens is 470 g/mol. The van der Waals surface area contributed by atoms with Gasteiger partial charge in [-0.25, -0.2) is 23.7 Å². The smallest absolute Gasteiger partial charge is 0.280 e. The van der Waals surface area contributed by atoms with Crippen molar-refractivity contribution in [2.45, 2.75) is 37.6 Å². The van der Waals surface area contributed by atoms with Gasteiger partial charge in [-0.05, 0) is 66.9 Å². The van der Waals surface area contributed by atoms with Crippen molar-refractivity contribution in [3.63, 3.8) is 0 Å². The van der Waals surface area contributed by atoms with Crippen molar-refractivity contribution in [1.82, 2.24) is 15.0 Å². The fraction of sp³-hybridized carbons (Fsp3) is 0.269. The lowest BCUT2D eigenvalue weighted by molar-refractivity contribution is 0.108. The number of aromatic nitrogens is 3. The molecule has 1 saturated carbocycles. The SMILES string of the molecule is C=Nc1ncc(C#CC2CC2)nc1SC(=O)c1ccc(CC)cc1-c1cc(C(F)F)ncc1OC. The van der Waals surface area contributed by atoms with Crippen molar-refractivity contribution in [3.05, 3.63) is 59.2 Å². The summed E-state index contributed by atoms with van der Waals surface area (Å²) in [7, 11) is 1.42. The summed E-state index contributed by atoms with van der Waals surface area (Å²) in [5, 5.41) is -0.0836. The molecule has 0 radical (unpaired) electrons. The number of hydrogen-bond donors (Lipinski definition) is 0. The van der Waals surface area contributed by atoms with Crippen LogP contribution in [0.4, 0.5) is 14.6 Å². The summed E-state index contributed by atoms with van der Waals surface area (Å²) in [6.07, 6.45) is 2.83. The van der Waals surface area contributed by atoms with E-state index in [1.165, 1.54) is 25.6 Å². The number of thioether (sulfide) groups is 1. The van der Waals surface area contributed by atoms with Gasteiger partial charge >= 0.3 is 0 Å². The van der Waals surface area contributed by atoms with E-state index in [9.17, 15) is 13.6 Å². The van der Waals surface area contributed by atoms with Crippen LogP contribution in [0, 0.1) is 17.8 Å². The molecule has 1 aromatic carbocycles. The highest BCUT2D eigenvalue weighted by molar-refractivity contribution is 8.14. The number of rotatable bonds is 7. The van der Waals surface area contributed by atoms with Crippen LogP contribution in [0.5, 0.6) is 5.75 Å². The fourth-order valence-corrected chi connectivity index (χ4v) is 4.13. The second kappa shape index (κ2) is 10.7. The van der Waals surface area contributed by atoms with E-state index in [-0.39, 0.29) is 21.7 Å². The largest absolute Gasteiger partial charge is 0.494 e. The Morgan fingerprint density at radius 1 is 1.26 bits per heavy atom. The van der Waals surface area contributed by atoms with E-state index in [1.807, 2.05) is 13.0 Å². The Labute approximate surface area is 206 Å². The van der Waals surface area contributed by atoms with Crippen LogP contribution in [-0.2, 0) is 6.42 Å². The van der Waals surface area contributed by atoms with Crippen molar-refractivity contribution in [1.29, 1.82) is 0 Å². The van der Waals surface area contributed by atoms with Gasteiger partial charge in [-0.3, -0.25) is 9.78 Å². The normalized spacial score (nSPS) is 12.7. The number of hydrogen-bond acceptors (Lipinski definition) is 7. The maximum absolute atomic E-state index is 13.5. The van der Waals surface area contributed by atoms with Gasteiger partial charge in [0.15, 0.2) is 10.8 Å². The topological polar surface area (TPSA) is 77.3 Å². The summed E-state index contributed by atoms with van der Waals surface area (Å²) in [5.41, 5.74) is 2.11. The first-order chi connectivity index (χ1) is 16.9. The standard InChI is InChI=1S/C26H22F2N4O2S/c1-4-15-8-10-18(19(11-15)20-12-21(23(27)28)30-14-22(20)34-3)26(33)35-25-24(29-2)31-13-17(32-25)9-7-16-5-6-16/h8,10-14,16,23H,2,4-6H2,1,3H3. The van der Waals surface area contributed by atoms with Gasteiger partial charge in [0.25, 0.3) is 6.43 Å². The number of benzene rings is 1. The highest BCUT2D eigenvalue weighted by Crippen LogP contribution is 2.38. The zero-order chi connectivity index (χ0) is 24.9. The molecule has 0 saturated heterocycles. The quantitative estimate of drug-likeness (QED) is 0.226. The molecule has 0 spiro atoms. The zero-order valence-electron chi connectivity index (χ0n) is 19.2. The highest BCUT2D eigenvalue weighted by atomic mass is 32.2. The lowest BCUT2D eigenvalue weighted by Gasteiger charge is -2.15. The lowest BCUT2D eigenvalue weighted by Crippen LogP contribution is -2.03. The molecule has 9 heteroatoms. The third-order valence-electron chi connectivity index (χ3n) is 5.38. The molecule has 178 valence electrons. The fourth-order valence-electron chi connectivity index (χ4n) is 3.31. The molecule has 1 fully saturated rings. The van der Waals surface area contributed by atoms with E-state index in [4.69, 9.17) is 4.74 Å². The molecule has 0 N–H and O–H groups in total. The molecule has 0 unspecified atom stereocenters. The third kappa shape index (κ3) is 5.72. The van der Waals surface area contributed by atoms with Crippen molar-refractivity contribution >= 4 is 29.4 Å². The Morgan fingerprint density at radius 2 is 2.06 bits per heavy atom. The third-order valence-corrected chi connectivity index (χ3v) is 6.25. The van der Waals surface area contributed by atoms with E-state index in [0.29, 0.717) is 34.7 Å². The molecule has 6 nitrogen and oxygen atoms in total. The van der Waals surface area contributed by atoms with Gasteiger partial charge < -0.3 is 4.74 Å². The Balaban J connectivity index is 1.76. The molecule has 0 atom stereocenters. The molecule has 0 bridgehead atoms. The summed E-state index contributed by atoms with van der Waals surface area (Å²) in [4.78, 5) is 29.8. The zero-order valence-corrected chi connectivity index (χ0v) is 20.0. The number of aryl methyl sites for hydroxylation is 1. The average molecular weight is 493 g/mol. The Morgan fingerprint density at radius 3 is 2.71 bits per heavy atom. The highest BCUT2D eigenvalue weighted by Gasteiger charge is 2.22. The molecule has 2 aromatic heterocycles. The second-order valence-electron chi connectivity index (χ2n) is 7.82. The predicted molar refractivity (Wildman–Crippen MR) is 132 cm³/mol. The summed E-state index contributed by atoms with van der Waals surface area (Å²) in [6.45, 7) is 5.48. The van der Waals surface area contributed by atoms with Crippen LogP contribution >= 0.6 is 11.8 Å². The second-order valence-corrected chi connectivity index (χ2v) is 8.78. The number of halogens is 2. The van der Waals surface area contributed by atoms with Gasteiger partial charge in [0, 0.05) is 17.0 Å². The van der Waals surface area contributed by atoms with Gasteiger partial charge in [-0.15, -0.1) is 0 Å². The molecular formula is C26H22F2N4O2S. The molecule has 2 heterocycles. The molecule has 1 aliphatic rings. The van der Waals surface area contributed by atoms with Crippen molar-refractivity contribution in [3.8, 4) is 28.7 Å².